The summed E-state index contributed by atoms with van der Waals surface area (Å²) in [4.78, 5) is 12.3. The Labute approximate surface area is 172 Å². The second kappa shape index (κ2) is 10.4. The fourth-order valence-electron chi connectivity index (χ4n) is 2.29. The van der Waals surface area contributed by atoms with Crippen molar-refractivity contribution >= 4 is 34.6 Å². The predicted molar refractivity (Wildman–Crippen MR) is 113 cm³/mol. The number of hydrogen-bond donors (Lipinski definition) is 1. The number of carbonyl (C=O) groups excluding carboxylic acids is 1. The molecule has 0 radical (unpaired) electrons. The summed E-state index contributed by atoms with van der Waals surface area (Å²) >= 11 is 2.12. The molecule has 1 amide bonds. The minimum absolute atomic E-state index is 0.0172. The van der Waals surface area contributed by atoms with Gasteiger partial charge >= 0.3 is 0 Å². The Morgan fingerprint density at radius 2 is 2.07 bits per heavy atom. The lowest BCUT2D eigenvalue weighted by atomic mass is 10.1. The first-order valence-corrected chi connectivity index (χ1v) is 9.22. The molecule has 0 heterocycles. The molecule has 5 nitrogen and oxygen atoms in total. The number of hydrogen-bond acceptors (Lipinski definition) is 4. The van der Waals surface area contributed by atoms with Gasteiger partial charge in [0.25, 0.3) is 5.91 Å². The molecule has 2 aromatic rings. The van der Waals surface area contributed by atoms with Crippen LogP contribution in [0.15, 0.2) is 60.7 Å². The van der Waals surface area contributed by atoms with Crippen LogP contribution in [0.4, 0.5) is 0 Å². The van der Waals surface area contributed by atoms with Gasteiger partial charge in [-0.2, -0.15) is 5.26 Å². The normalized spacial score (nSPS) is 10.6. The number of nitrogens with zero attached hydrogens (tertiary/aromatic N) is 1. The summed E-state index contributed by atoms with van der Waals surface area (Å²) in [5.41, 5.74) is 1.65. The van der Waals surface area contributed by atoms with Gasteiger partial charge in [0.05, 0.1) is 10.7 Å². The van der Waals surface area contributed by atoms with Crippen LogP contribution in [0, 0.1) is 14.9 Å². The second-order valence-electron chi connectivity index (χ2n) is 5.47. The number of carbonyl (C=O) groups is 1. The van der Waals surface area contributed by atoms with Gasteiger partial charge in [-0.1, -0.05) is 43.0 Å². The largest absolute Gasteiger partial charge is 0.493 e. The molecule has 0 aliphatic rings. The number of rotatable bonds is 8. The molecule has 2 rings (SSSR count). The first-order valence-electron chi connectivity index (χ1n) is 8.14. The summed E-state index contributed by atoms with van der Waals surface area (Å²) in [6.07, 6.45) is 3.18. The lowest BCUT2D eigenvalue weighted by Gasteiger charge is -2.12. The average Bonchev–Trinajstić information content (AvgIpc) is 2.69. The zero-order valence-electron chi connectivity index (χ0n) is 14.9. The Kier molecular flexibility index (Phi) is 7.89. The SMILES string of the molecule is C=CCOc1c(I)cc(/C=C(/C#N)C(=O)NCc2ccccc2)cc1OC. The highest BCUT2D eigenvalue weighted by Crippen LogP contribution is 2.34. The molecule has 0 unspecified atom stereocenters. The van der Waals surface area contributed by atoms with Crippen molar-refractivity contribution in [3.8, 4) is 17.6 Å². The van der Waals surface area contributed by atoms with Crippen LogP contribution in [-0.4, -0.2) is 19.6 Å². The van der Waals surface area contributed by atoms with Gasteiger partial charge in [0.2, 0.25) is 0 Å². The highest BCUT2D eigenvalue weighted by atomic mass is 127. The van der Waals surface area contributed by atoms with Gasteiger partial charge in [-0.25, -0.2) is 0 Å². The highest BCUT2D eigenvalue weighted by Gasteiger charge is 2.13. The van der Waals surface area contributed by atoms with Crippen LogP contribution in [0.2, 0.25) is 0 Å². The van der Waals surface area contributed by atoms with Gasteiger partial charge in [0, 0.05) is 6.54 Å². The third-order valence-corrected chi connectivity index (χ3v) is 4.37. The molecule has 0 fully saturated rings. The van der Waals surface area contributed by atoms with Gasteiger partial charge in [0.1, 0.15) is 18.2 Å². The maximum Gasteiger partial charge on any atom is 0.262 e. The molecule has 0 bridgehead atoms. The molecule has 0 aromatic heterocycles. The summed E-state index contributed by atoms with van der Waals surface area (Å²) in [6, 6.07) is 15.0. The van der Waals surface area contributed by atoms with Crippen molar-refractivity contribution in [1.29, 1.82) is 5.26 Å². The van der Waals surface area contributed by atoms with E-state index >= 15 is 0 Å². The van der Waals surface area contributed by atoms with Gasteiger partial charge < -0.3 is 14.8 Å². The van der Waals surface area contributed by atoms with Gasteiger partial charge in [0.15, 0.2) is 11.5 Å². The van der Waals surface area contributed by atoms with E-state index in [1.807, 2.05) is 42.5 Å². The number of nitriles is 1. The Balaban J connectivity index is 2.20. The number of halogens is 1. The highest BCUT2D eigenvalue weighted by molar-refractivity contribution is 14.1. The van der Waals surface area contributed by atoms with Crippen LogP contribution in [0.3, 0.4) is 0 Å². The van der Waals surface area contributed by atoms with Crippen molar-refractivity contribution < 1.29 is 14.3 Å². The number of ether oxygens (including phenoxy) is 2. The number of methoxy groups -OCH3 is 1. The molecule has 0 aliphatic heterocycles. The van der Waals surface area contributed by atoms with E-state index in [0.717, 1.165) is 9.13 Å². The second-order valence-corrected chi connectivity index (χ2v) is 6.63. The Morgan fingerprint density at radius 3 is 2.70 bits per heavy atom. The van der Waals surface area contributed by atoms with E-state index in [0.29, 0.717) is 30.2 Å². The van der Waals surface area contributed by atoms with Crippen LogP contribution < -0.4 is 14.8 Å². The Bertz CT molecular complexity index is 886. The van der Waals surface area contributed by atoms with Crippen LogP contribution in [0.1, 0.15) is 11.1 Å². The third kappa shape index (κ3) is 5.86. The van der Waals surface area contributed by atoms with Crippen LogP contribution in [0.5, 0.6) is 11.5 Å². The van der Waals surface area contributed by atoms with E-state index in [4.69, 9.17) is 9.47 Å². The van der Waals surface area contributed by atoms with Gasteiger partial charge in [-0.15, -0.1) is 0 Å². The van der Waals surface area contributed by atoms with Crippen molar-refractivity contribution in [1.82, 2.24) is 5.32 Å². The molecule has 0 saturated heterocycles. The summed E-state index contributed by atoms with van der Waals surface area (Å²) in [7, 11) is 1.54. The Hall–Kier alpha value is -2.79. The van der Waals surface area contributed by atoms with Gasteiger partial charge in [-0.05, 0) is 51.9 Å². The molecular weight excluding hydrogens is 455 g/mol. The molecule has 0 atom stereocenters. The predicted octanol–water partition coefficient (Wildman–Crippen LogP) is 4.09. The topological polar surface area (TPSA) is 71.3 Å². The fourth-order valence-corrected chi connectivity index (χ4v) is 3.08. The molecule has 138 valence electrons. The summed E-state index contributed by atoms with van der Waals surface area (Å²) in [5, 5.41) is 12.1. The van der Waals surface area contributed by atoms with E-state index in [-0.39, 0.29) is 5.57 Å². The first-order chi connectivity index (χ1) is 13.1. The number of benzene rings is 2. The summed E-state index contributed by atoms with van der Waals surface area (Å²) < 4.78 is 11.8. The molecule has 0 aliphatic carbocycles. The zero-order chi connectivity index (χ0) is 19.6. The first kappa shape index (κ1) is 20.5. The number of nitrogens with one attached hydrogen (secondary N) is 1. The van der Waals surface area contributed by atoms with E-state index in [1.165, 1.54) is 13.2 Å². The molecule has 2 aromatic carbocycles. The third-order valence-electron chi connectivity index (χ3n) is 3.57. The maximum atomic E-state index is 12.3. The Morgan fingerprint density at radius 1 is 1.33 bits per heavy atom. The average molecular weight is 474 g/mol. The van der Waals surface area contributed by atoms with Crippen LogP contribution in [-0.2, 0) is 11.3 Å². The van der Waals surface area contributed by atoms with Crippen LogP contribution in [0.25, 0.3) is 6.08 Å². The quantitative estimate of drug-likeness (QED) is 0.271. The van der Waals surface area contributed by atoms with Crippen molar-refractivity contribution in [3.63, 3.8) is 0 Å². The van der Waals surface area contributed by atoms with Crippen molar-refractivity contribution in [2.24, 2.45) is 0 Å². The molecular formula is C21H19IN2O3. The monoisotopic (exact) mass is 474 g/mol. The molecule has 6 heteroatoms. The minimum atomic E-state index is -0.428. The van der Waals surface area contributed by atoms with E-state index < -0.39 is 5.91 Å². The fraction of sp³-hybridized carbons (Fsp3) is 0.143. The van der Waals surface area contributed by atoms with Gasteiger partial charge in [-0.3, -0.25) is 4.79 Å². The zero-order valence-corrected chi connectivity index (χ0v) is 17.0. The lowest BCUT2D eigenvalue weighted by Crippen LogP contribution is -2.23. The number of amides is 1. The maximum absolute atomic E-state index is 12.3. The van der Waals surface area contributed by atoms with E-state index in [2.05, 4.69) is 34.5 Å². The standard InChI is InChI=1S/C21H19IN2O3/c1-3-9-27-20-18(22)11-16(12-19(20)26-2)10-17(13-23)21(25)24-14-15-7-5-4-6-8-15/h3-8,10-12H,1,9,14H2,2H3,(H,24,25)/b17-10-. The molecule has 27 heavy (non-hydrogen) atoms. The summed E-state index contributed by atoms with van der Waals surface area (Å²) in [6.45, 7) is 4.34. The molecule has 1 N–H and O–H groups in total. The van der Waals surface area contributed by atoms with E-state index in [1.54, 1.807) is 12.1 Å². The minimum Gasteiger partial charge on any atom is -0.493 e. The van der Waals surface area contributed by atoms with Crippen molar-refractivity contribution in [2.75, 3.05) is 13.7 Å². The molecule has 0 saturated carbocycles. The summed E-state index contributed by atoms with van der Waals surface area (Å²) in [5.74, 6) is 0.696. The van der Waals surface area contributed by atoms with E-state index in [9.17, 15) is 10.1 Å². The molecule has 0 spiro atoms. The van der Waals surface area contributed by atoms with Crippen molar-refractivity contribution in [2.45, 2.75) is 6.54 Å². The van der Waals surface area contributed by atoms with Crippen LogP contribution >= 0.6 is 22.6 Å². The van der Waals surface area contributed by atoms with Crippen molar-refractivity contribution in [3.05, 3.63) is 75.4 Å². The smallest absolute Gasteiger partial charge is 0.262 e. The lowest BCUT2D eigenvalue weighted by molar-refractivity contribution is -0.117.